The summed E-state index contributed by atoms with van der Waals surface area (Å²) < 4.78 is 2.62. The summed E-state index contributed by atoms with van der Waals surface area (Å²) in [6, 6.07) is 9.07. The number of imidazole rings is 1. The summed E-state index contributed by atoms with van der Waals surface area (Å²) in [7, 11) is 1.90. The van der Waals surface area contributed by atoms with E-state index in [0.717, 1.165) is 24.5 Å². The molecule has 1 N–H and O–H groups in total. The molecule has 7 heteroatoms. The van der Waals surface area contributed by atoms with E-state index in [9.17, 15) is 9.90 Å². The van der Waals surface area contributed by atoms with E-state index in [-0.39, 0.29) is 5.54 Å². The Balaban J connectivity index is 1.90. The Hall–Kier alpha value is -1.70. The molecule has 0 aliphatic carbocycles. The lowest BCUT2D eigenvalue weighted by Gasteiger charge is -2.43. The molecule has 1 atom stereocenters. The van der Waals surface area contributed by atoms with Gasteiger partial charge in [-0.1, -0.05) is 30.3 Å². The van der Waals surface area contributed by atoms with Crippen molar-refractivity contribution in [2.24, 2.45) is 7.05 Å². The normalized spacial score (nSPS) is 17.8. The van der Waals surface area contributed by atoms with Crippen molar-refractivity contribution in [3.8, 4) is 11.4 Å². The number of rotatable bonds is 4. The third kappa shape index (κ3) is 4.10. The Morgan fingerprint density at radius 1 is 1.15 bits per heavy atom. The van der Waals surface area contributed by atoms with Crippen LogP contribution in [0.3, 0.4) is 0 Å². The molecule has 0 bridgehead atoms. The number of hydrogen-bond acceptors (Lipinski definition) is 4. The van der Waals surface area contributed by atoms with Gasteiger partial charge < -0.3 is 9.67 Å². The summed E-state index contributed by atoms with van der Waals surface area (Å²) in [4.78, 5) is 21.3. The van der Waals surface area contributed by atoms with Crippen LogP contribution in [0, 0.1) is 0 Å². The van der Waals surface area contributed by atoms with Crippen LogP contribution in [0.2, 0.25) is 0 Å². The van der Waals surface area contributed by atoms with Gasteiger partial charge in [0, 0.05) is 44.3 Å². The fourth-order valence-electron chi connectivity index (χ4n) is 3.62. The molecule has 3 rings (SSSR count). The van der Waals surface area contributed by atoms with Crippen molar-refractivity contribution in [1.29, 1.82) is 0 Å². The predicted octanol–water partition coefficient (Wildman–Crippen LogP) is 3.39. The van der Waals surface area contributed by atoms with Gasteiger partial charge in [0.2, 0.25) is 0 Å². The molecule has 146 valence electrons. The summed E-state index contributed by atoms with van der Waals surface area (Å²) in [5.41, 5.74) is 1.62. The number of halogens is 1. The molecule has 2 aromatic rings. The number of carboxylic acids is 1. The van der Waals surface area contributed by atoms with Gasteiger partial charge in [-0.25, -0.2) is 4.98 Å². The fraction of sp³-hybridized carbons (Fsp3) is 0.500. The minimum Gasteiger partial charge on any atom is -0.480 e. The third-order valence-corrected chi connectivity index (χ3v) is 6.14. The van der Waals surface area contributed by atoms with Crippen LogP contribution in [-0.2, 0) is 11.8 Å². The molecule has 1 fully saturated rings. The number of aromatic nitrogens is 2. The maximum atomic E-state index is 12.2. The van der Waals surface area contributed by atoms with Gasteiger partial charge >= 0.3 is 5.97 Å². The first-order chi connectivity index (χ1) is 12.7. The summed E-state index contributed by atoms with van der Waals surface area (Å²) >= 11 is 3.58. The Bertz CT molecular complexity index is 805. The summed E-state index contributed by atoms with van der Waals surface area (Å²) in [5.74, 6) is -0.102. The van der Waals surface area contributed by atoms with Crippen LogP contribution in [0.5, 0.6) is 0 Å². The lowest BCUT2D eigenvalue weighted by atomic mass is 10.0. The van der Waals surface area contributed by atoms with Gasteiger partial charge in [-0.05, 0) is 36.7 Å². The average molecular weight is 435 g/mol. The lowest BCUT2D eigenvalue weighted by Crippen LogP contribution is -2.54. The number of carboxylic acid groups (broad SMARTS) is 1. The molecule has 0 saturated carbocycles. The molecule has 0 radical (unpaired) electrons. The van der Waals surface area contributed by atoms with Crippen LogP contribution in [0.4, 0.5) is 0 Å². The fourth-order valence-corrected chi connectivity index (χ4v) is 4.09. The molecule has 0 spiro atoms. The highest BCUT2D eigenvalue weighted by Crippen LogP contribution is 2.33. The molecule has 1 aromatic heterocycles. The minimum absolute atomic E-state index is 0.0941. The second-order valence-electron chi connectivity index (χ2n) is 7.97. The number of aliphatic carboxylic acids is 1. The minimum atomic E-state index is -0.863. The lowest BCUT2D eigenvalue weighted by molar-refractivity contribution is -0.144. The Labute approximate surface area is 168 Å². The number of carbonyl (C=O) groups is 1. The molecule has 1 unspecified atom stereocenters. The molecular formula is C20H27BrN4O2. The van der Waals surface area contributed by atoms with Crippen LogP contribution in [-0.4, -0.2) is 62.1 Å². The second kappa shape index (κ2) is 7.73. The van der Waals surface area contributed by atoms with Gasteiger partial charge in [-0.15, -0.1) is 0 Å². The third-order valence-electron chi connectivity index (χ3n) is 5.20. The van der Waals surface area contributed by atoms with Gasteiger partial charge in [0.25, 0.3) is 0 Å². The molecule has 1 aliphatic rings. The highest BCUT2D eigenvalue weighted by molar-refractivity contribution is 9.10. The van der Waals surface area contributed by atoms with E-state index in [4.69, 9.17) is 4.98 Å². The largest absolute Gasteiger partial charge is 0.480 e. The van der Waals surface area contributed by atoms with Crippen molar-refractivity contribution in [3.63, 3.8) is 0 Å². The van der Waals surface area contributed by atoms with Crippen LogP contribution in [0.25, 0.3) is 11.4 Å². The summed E-state index contributed by atoms with van der Waals surface area (Å²) in [6.07, 6.45) is 0. The van der Waals surface area contributed by atoms with Crippen molar-refractivity contribution in [2.75, 3.05) is 26.2 Å². The van der Waals surface area contributed by atoms with E-state index in [0.29, 0.717) is 23.4 Å². The van der Waals surface area contributed by atoms with Crippen LogP contribution < -0.4 is 0 Å². The number of benzene rings is 1. The number of piperazine rings is 1. The second-order valence-corrected chi connectivity index (χ2v) is 8.72. The van der Waals surface area contributed by atoms with E-state index >= 15 is 0 Å². The standard InChI is InChI=1S/C20H27BrN4O2/c1-20(2,3)25-12-10-24(11-13-25)16(19(26)27)15-17(21)23(4)18(22-15)14-8-6-5-7-9-14/h5-9,16H,10-13H2,1-4H3,(H,26,27). The van der Waals surface area contributed by atoms with E-state index in [2.05, 4.69) is 41.6 Å². The number of nitrogens with zero attached hydrogens (tertiary/aromatic N) is 4. The first kappa shape index (κ1) is 20.0. The molecule has 0 amide bonds. The SMILES string of the molecule is Cn1c(-c2ccccc2)nc(C(C(=O)O)N2CCN(C(C)(C)C)CC2)c1Br. The zero-order valence-electron chi connectivity index (χ0n) is 16.3. The Kier molecular flexibility index (Phi) is 5.74. The predicted molar refractivity (Wildman–Crippen MR) is 110 cm³/mol. The Morgan fingerprint density at radius 2 is 1.74 bits per heavy atom. The monoisotopic (exact) mass is 434 g/mol. The van der Waals surface area contributed by atoms with Gasteiger partial charge in [-0.3, -0.25) is 14.6 Å². The van der Waals surface area contributed by atoms with Crippen LogP contribution in [0.15, 0.2) is 34.9 Å². The van der Waals surface area contributed by atoms with Crippen molar-refractivity contribution >= 4 is 21.9 Å². The smallest absolute Gasteiger partial charge is 0.327 e. The van der Waals surface area contributed by atoms with Crippen LogP contribution >= 0.6 is 15.9 Å². The first-order valence-electron chi connectivity index (χ1n) is 9.19. The molecule has 6 nitrogen and oxygen atoms in total. The van der Waals surface area contributed by atoms with Gasteiger partial charge in [-0.2, -0.15) is 0 Å². The molecule has 1 aliphatic heterocycles. The summed E-state index contributed by atoms with van der Waals surface area (Å²) in [6.45, 7) is 9.69. The van der Waals surface area contributed by atoms with Gasteiger partial charge in [0.15, 0.2) is 6.04 Å². The maximum absolute atomic E-state index is 12.2. The van der Waals surface area contributed by atoms with Crippen molar-refractivity contribution < 1.29 is 9.90 Å². The van der Waals surface area contributed by atoms with E-state index in [1.807, 2.05) is 46.8 Å². The molecule has 1 saturated heterocycles. The molecular weight excluding hydrogens is 408 g/mol. The van der Waals surface area contributed by atoms with Crippen LogP contribution in [0.1, 0.15) is 32.5 Å². The first-order valence-corrected chi connectivity index (χ1v) is 9.99. The van der Waals surface area contributed by atoms with E-state index in [1.165, 1.54) is 0 Å². The quantitative estimate of drug-likeness (QED) is 0.798. The molecule has 1 aromatic carbocycles. The van der Waals surface area contributed by atoms with Gasteiger partial charge in [0.1, 0.15) is 16.1 Å². The topological polar surface area (TPSA) is 61.6 Å². The molecule has 27 heavy (non-hydrogen) atoms. The summed E-state index contributed by atoms with van der Waals surface area (Å²) in [5, 5.41) is 9.97. The van der Waals surface area contributed by atoms with Crippen molar-refractivity contribution in [2.45, 2.75) is 32.4 Å². The van der Waals surface area contributed by atoms with Gasteiger partial charge in [0.05, 0.1) is 0 Å². The van der Waals surface area contributed by atoms with E-state index in [1.54, 1.807) is 0 Å². The zero-order chi connectivity index (χ0) is 19.8. The Morgan fingerprint density at radius 3 is 2.26 bits per heavy atom. The van der Waals surface area contributed by atoms with E-state index < -0.39 is 12.0 Å². The van der Waals surface area contributed by atoms with Crippen molar-refractivity contribution in [1.82, 2.24) is 19.4 Å². The molecule has 2 heterocycles. The highest BCUT2D eigenvalue weighted by Gasteiger charge is 2.36. The zero-order valence-corrected chi connectivity index (χ0v) is 17.9. The average Bonchev–Trinajstić information content (AvgIpc) is 2.91. The highest BCUT2D eigenvalue weighted by atomic mass is 79.9. The maximum Gasteiger partial charge on any atom is 0.327 e. The number of hydrogen-bond donors (Lipinski definition) is 1. The van der Waals surface area contributed by atoms with Crippen molar-refractivity contribution in [3.05, 3.63) is 40.6 Å².